The summed E-state index contributed by atoms with van der Waals surface area (Å²) in [6.07, 6.45) is 8.87. The molecule has 2 bridgehead atoms. The SMILES string of the molecule is C=CCN(C(=O)[C@H]1[C@H]2C(=O)N(CCCCCO)C(C(=O)N(CC=C)C(C)CCC)C23CC[C@]1(CC)O3)c1ccc(OCC)cc1. The van der Waals surface area contributed by atoms with Crippen molar-refractivity contribution in [1.29, 1.82) is 0 Å². The first-order valence-corrected chi connectivity index (χ1v) is 16.9. The summed E-state index contributed by atoms with van der Waals surface area (Å²) < 4.78 is 12.6. The van der Waals surface area contributed by atoms with Gasteiger partial charge in [-0.3, -0.25) is 14.4 Å². The lowest BCUT2D eigenvalue weighted by molar-refractivity contribution is -0.154. The Hall–Kier alpha value is -3.17. The lowest BCUT2D eigenvalue weighted by Crippen LogP contribution is -2.58. The summed E-state index contributed by atoms with van der Waals surface area (Å²) >= 11 is 0. The molecule has 3 fully saturated rings. The number of aliphatic hydroxyl groups is 1. The van der Waals surface area contributed by atoms with Gasteiger partial charge in [0.2, 0.25) is 17.7 Å². The van der Waals surface area contributed by atoms with Gasteiger partial charge >= 0.3 is 0 Å². The molecule has 1 spiro atoms. The number of fused-ring (bicyclic) bond motifs is 1. The van der Waals surface area contributed by atoms with E-state index in [9.17, 15) is 19.5 Å². The van der Waals surface area contributed by atoms with Crippen molar-refractivity contribution in [2.75, 3.05) is 37.7 Å². The zero-order valence-corrected chi connectivity index (χ0v) is 27.7. The first-order chi connectivity index (χ1) is 21.7. The van der Waals surface area contributed by atoms with E-state index in [1.165, 1.54) is 0 Å². The second-order valence-corrected chi connectivity index (χ2v) is 12.7. The molecule has 9 nitrogen and oxygen atoms in total. The van der Waals surface area contributed by atoms with E-state index in [1.807, 2.05) is 49.9 Å². The van der Waals surface area contributed by atoms with E-state index in [4.69, 9.17) is 9.47 Å². The van der Waals surface area contributed by atoms with Crippen LogP contribution in [-0.2, 0) is 19.1 Å². The third kappa shape index (κ3) is 6.30. The number of ether oxygens (including phenoxy) is 2. The molecule has 0 radical (unpaired) electrons. The number of unbranched alkanes of at least 4 members (excludes halogenated alkanes) is 2. The Bertz CT molecular complexity index is 1220. The summed E-state index contributed by atoms with van der Waals surface area (Å²) in [5.41, 5.74) is -1.25. The number of amides is 3. The van der Waals surface area contributed by atoms with Crippen LogP contribution in [0.3, 0.4) is 0 Å². The van der Waals surface area contributed by atoms with Gasteiger partial charge in [0.25, 0.3) is 0 Å². The van der Waals surface area contributed by atoms with Gasteiger partial charge in [-0.1, -0.05) is 32.4 Å². The molecule has 4 rings (SSSR count). The van der Waals surface area contributed by atoms with E-state index in [0.29, 0.717) is 63.2 Å². The lowest BCUT2D eigenvalue weighted by Gasteiger charge is -2.39. The number of likely N-dealkylation sites (tertiary alicyclic amines) is 1. The second-order valence-electron chi connectivity index (χ2n) is 12.7. The normalized spacial score (nSPS) is 27.3. The van der Waals surface area contributed by atoms with Crippen molar-refractivity contribution in [2.24, 2.45) is 11.8 Å². The van der Waals surface area contributed by atoms with Crippen molar-refractivity contribution in [1.82, 2.24) is 9.80 Å². The second kappa shape index (κ2) is 14.9. The van der Waals surface area contributed by atoms with E-state index in [0.717, 1.165) is 19.3 Å². The first kappa shape index (κ1) is 34.7. The molecule has 3 amide bonds. The highest BCUT2D eigenvalue weighted by Crippen LogP contribution is 2.64. The molecule has 248 valence electrons. The van der Waals surface area contributed by atoms with Gasteiger partial charge in [-0.15, -0.1) is 13.2 Å². The molecule has 3 saturated heterocycles. The fourth-order valence-corrected chi connectivity index (χ4v) is 8.05. The standard InChI is InChI=1S/C36H53N3O6/c1-7-15-26(6)37(22-8-2)34(43)31-36-21-20-35(10-4,45-36)29(30(36)33(42)39(31)24-13-12-14-25-40)32(41)38(23-9-3)27-16-18-28(19-17-27)44-11-5/h8-9,16-19,26,29-31,40H,2-3,7,10-15,20-25H2,1,4-6H3/t26?,29-,30+,31?,35+,36?/m1/s1. The van der Waals surface area contributed by atoms with E-state index in [1.54, 1.807) is 22.0 Å². The molecule has 9 heteroatoms. The molecule has 0 aliphatic carbocycles. The fraction of sp³-hybridized carbons (Fsp3) is 0.639. The quantitative estimate of drug-likeness (QED) is 0.180. The molecule has 0 aromatic heterocycles. The zero-order valence-electron chi connectivity index (χ0n) is 27.7. The largest absolute Gasteiger partial charge is 0.494 e. The number of aliphatic hydroxyl groups excluding tert-OH is 1. The highest BCUT2D eigenvalue weighted by molar-refractivity contribution is 6.03. The topological polar surface area (TPSA) is 99.6 Å². The van der Waals surface area contributed by atoms with Crippen molar-refractivity contribution in [3.05, 3.63) is 49.6 Å². The van der Waals surface area contributed by atoms with Gasteiger partial charge in [0.1, 0.15) is 17.4 Å². The number of anilines is 1. The van der Waals surface area contributed by atoms with Crippen LogP contribution in [0.4, 0.5) is 5.69 Å². The van der Waals surface area contributed by atoms with Crippen LogP contribution in [0.25, 0.3) is 0 Å². The van der Waals surface area contributed by atoms with Crippen molar-refractivity contribution < 1.29 is 29.0 Å². The number of benzene rings is 1. The van der Waals surface area contributed by atoms with Crippen LogP contribution in [0.1, 0.15) is 79.1 Å². The van der Waals surface area contributed by atoms with Crippen LogP contribution in [0.15, 0.2) is 49.6 Å². The third-order valence-corrected chi connectivity index (χ3v) is 10.1. The fourth-order valence-electron chi connectivity index (χ4n) is 8.05. The number of rotatable bonds is 18. The number of nitrogens with zero attached hydrogens (tertiary/aromatic N) is 3. The van der Waals surface area contributed by atoms with Gasteiger partial charge in [-0.25, -0.2) is 0 Å². The van der Waals surface area contributed by atoms with Crippen molar-refractivity contribution in [3.63, 3.8) is 0 Å². The Morgan fingerprint density at radius 1 is 1.09 bits per heavy atom. The minimum atomic E-state index is -1.09. The molecule has 0 saturated carbocycles. The van der Waals surface area contributed by atoms with Gasteiger partial charge in [0.15, 0.2) is 0 Å². The average Bonchev–Trinajstić information content (AvgIpc) is 3.64. The van der Waals surface area contributed by atoms with E-state index in [-0.39, 0.29) is 36.9 Å². The predicted octanol–water partition coefficient (Wildman–Crippen LogP) is 5.12. The Balaban J connectivity index is 1.78. The maximum atomic E-state index is 14.8. The molecular formula is C36H53N3O6. The van der Waals surface area contributed by atoms with E-state index >= 15 is 0 Å². The first-order valence-electron chi connectivity index (χ1n) is 16.9. The number of hydrogen-bond donors (Lipinski definition) is 1. The Morgan fingerprint density at radius 3 is 2.40 bits per heavy atom. The minimum absolute atomic E-state index is 0.0406. The molecular weight excluding hydrogens is 570 g/mol. The van der Waals surface area contributed by atoms with Crippen LogP contribution in [0, 0.1) is 11.8 Å². The predicted molar refractivity (Wildman–Crippen MR) is 176 cm³/mol. The Labute approximate surface area is 269 Å². The van der Waals surface area contributed by atoms with E-state index in [2.05, 4.69) is 20.1 Å². The maximum Gasteiger partial charge on any atom is 0.248 e. The summed E-state index contributed by atoms with van der Waals surface area (Å²) in [5, 5.41) is 9.37. The average molecular weight is 624 g/mol. The molecule has 6 atom stereocenters. The maximum absolute atomic E-state index is 14.8. The summed E-state index contributed by atoms with van der Waals surface area (Å²) in [5.74, 6) is -1.30. The number of carbonyl (C=O) groups excluding carboxylic acids is 3. The van der Waals surface area contributed by atoms with Gasteiger partial charge < -0.3 is 29.3 Å². The van der Waals surface area contributed by atoms with Crippen LogP contribution in [-0.4, -0.2) is 88.8 Å². The molecule has 1 aromatic carbocycles. The lowest BCUT2D eigenvalue weighted by atomic mass is 9.64. The highest BCUT2D eigenvalue weighted by atomic mass is 16.5. The van der Waals surface area contributed by atoms with Crippen LogP contribution < -0.4 is 9.64 Å². The summed E-state index contributed by atoms with van der Waals surface area (Å²) in [4.78, 5) is 49.3. The van der Waals surface area contributed by atoms with Crippen LogP contribution in [0.5, 0.6) is 5.75 Å². The highest BCUT2D eigenvalue weighted by Gasteiger charge is 2.79. The Kier molecular flexibility index (Phi) is 11.5. The van der Waals surface area contributed by atoms with Crippen molar-refractivity contribution >= 4 is 23.4 Å². The van der Waals surface area contributed by atoms with Crippen LogP contribution >= 0.6 is 0 Å². The summed E-state index contributed by atoms with van der Waals surface area (Å²) in [6.45, 7) is 17.5. The molecule has 3 aliphatic heterocycles. The minimum Gasteiger partial charge on any atom is -0.494 e. The number of hydrogen-bond acceptors (Lipinski definition) is 6. The van der Waals surface area contributed by atoms with Gasteiger partial charge in [0, 0.05) is 38.0 Å². The molecule has 1 aromatic rings. The van der Waals surface area contributed by atoms with Gasteiger partial charge in [-0.2, -0.15) is 0 Å². The summed E-state index contributed by atoms with van der Waals surface area (Å²) in [7, 11) is 0. The molecule has 3 aliphatic rings. The Morgan fingerprint density at radius 2 is 1.80 bits per heavy atom. The van der Waals surface area contributed by atoms with Crippen molar-refractivity contribution in [3.8, 4) is 5.75 Å². The van der Waals surface area contributed by atoms with Gasteiger partial charge in [-0.05, 0) is 83.1 Å². The molecule has 45 heavy (non-hydrogen) atoms. The van der Waals surface area contributed by atoms with Crippen LogP contribution in [0.2, 0.25) is 0 Å². The monoisotopic (exact) mass is 623 g/mol. The smallest absolute Gasteiger partial charge is 0.248 e. The van der Waals surface area contributed by atoms with E-state index < -0.39 is 29.1 Å². The number of carbonyl (C=O) groups is 3. The van der Waals surface area contributed by atoms with Crippen molar-refractivity contribution in [2.45, 2.75) is 102 Å². The third-order valence-electron chi connectivity index (χ3n) is 10.1. The molecule has 3 unspecified atom stereocenters. The molecule has 3 heterocycles. The molecule has 1 N–H and O–H groups in total. The van der Waals surface area contributed by atoms with Gasteiger partial charge in [0.05, 0.1) is 24.0 Å². The zero-order chi connectivity index (χ0) is 32.8. The summed E-state index contributed by atoms with van der Waals surface area (Å²) in [6, 6.07) is 6.52.